The number of ether oxygens (including phenoxy) is 1. The fraction of sp³-hybridized carbons (Fsp3) is 0.647. The number of hydrogen-bond donors (Lipinski definition) is 4. The van der Waals surface area contributed by atoms with Crippen LogP contribution in [0, 0.1) is 4.77 Å². The molecule has 0 aromatic carbocycles. The molecule has 4 N–H and O–H groups in total. The van der Waals surface area contributed by atoms with Crippen LogP contribution in [-0.4, -0.2) is 76.2 Å². The van der Waals surface area contributed by atoms with E-state index in [2.05, 4.69) is 29.9 Å². The van der Waals surface area contributed by atoms with Crippen molar-refractivity contribution in [1.29, 1.82) is 0 Å². The summed E-state index contributed by atoms with van der Waals surface area (Å²) in [5.41, 5.74) is -0.0242. The summed E-state index contributed by atoms with van der Waals surface area (Å²) in [5.74, 6) is -0.0455. The number of carbonyl (C=O) groups is 1. The second-order valence-corrected chi connectivity index (χ2v) is 12.3. The first kappa shape index (κ1) is 22.2. The number of H-pyrrole nitrogens is 1. The zero-order valence-electron chi connectivity index (χ0n) is 15.8. The van der Waals surface area contributed by atoms with Crippen LogP contribution in [0.3, 0.4) is 0 Å². The number of ketones is 1. The molecule has 1 aromatic heterocycles. The van der Waals surface area contributed by atoms with E-state index < -0.39 is 31.4 Å². The summed E-state index contributed by atoms with van der Waals surface area (Å²) in [6, 6.07) is 0. The fourth-order valence-corrected chi connectivity index (χ4v) is 4.09. The highest BCUT2D eigenvalue weighted by Gasteiger charge is 2.43. The largest absolute Gasteiger partial charge is 0.388 e. The minimum Gasteiger partial charge on any atom is -0.388 e. The van der Waals surface area contributed by atoms with Gasteiger partial charge in [-0.3, -0.25) is 19.1 Å². The zero-order chi connectivity index (χ0) is 20.4. The van der Waals surface area contributed by atoms with Gasteiger partial charge in [0, 0.05) is 18.3 Å². The van der Waals surface area contributed by atoms with Crippen LogP contribution < -0.4 is 10.9 Å². The topological polar surface area (TPSA) is 117 Å². The van der Waals surface area contributed by atoms with Gasteiger partial charge in [-0.05, 0) is 45.1 Å². The van der Waals surface area contributed by atoms with E-state index in [0.717, 1.165) is 6.16 Å². The van der Waals surface area contributed by atoms with Crippen molar-refractivity contribution in [3.8, 4) is 0 Å². The van der Waals surface area contributed by atoms with Gasteiger partial charge in [-0.1, -0.05) is 0 Å². The number of Topliss-reactive ketones (excluding diaryl/α,β-unsaturated/α-hetero) is 1. The number of aromatic amines is 1. The molecule has 10 heteroatoms. The Morgan fingerprint density at radius 2 is 2.11 bits per heavy atom. The van der Waals surface area contributed by atoms with Gasteiger partial charge >= 0.3 is 0 Å². The summed E-state index contributed by atoms with van der Waals surface area (Å²) in [6.45, 7) is 4.67. The fourth-order valence-electron chi connectivity index (χ4n) is 2.89. The molecule has 1 unspecified atom stereocenters. The first-order valence-corrected chi connectivity index (χ1v) is 12.2. The van der Waals surface area contributed by atoms with Crippen LogP contribution in [0.1, 0.15) is 25.1 Å². The number of aromatic nitrogens is 2. The maximum atomic E-state index is 12.1. The van der Waals surface area contributed by atoms with Gasteiger partial charge in [0.1, 0.15) is 18.0 Å². The number of rotatable bonds is 8. The quantitative estimate of drug-likeness (QED) is 0.355. The molecule has 1 aromatic rings. The van der Waals surface area contributed by atoms with Crippen LogP contribution in [0.5, 0.6) is 0 Å². The van der Waals surface area contributed by atoms with E-state index in [1.165, 1.54) is 17.7 Å². The molecule has 1 saturated heterocycles. The molecule has 0 spiro atoms. The van der Waals surface area contributed by atoms with Crippen molar-refractivity contribution in [1.82, 2.24) is 14.9 Å². The maximum absolute atomic E-state index is 12.1. The van der Waals surface area contributed by atoms with Crippen LogP contribution in [0.15, 0.2) is 11.0 Å². The van der Waals surface area contributed by atoms with Crippen molar-refractivity contribution < 1.29 is 19.7 Å². The Balaban J connectivity index is 2.21. The lowest BCUT2D eigenvalue weighted by atomic mass is 10.1. The number of nitrogens with one attached hydrogen (secondary N) is 2. The Kier molecular flexibility index (Phi) is 7.35. The highest BCUT2D eigenvalue weighted by molar-refractivity contribution is 7.72. The van der Waals surface area contributed by atoms with Gasteiger partial charge in [0.05, 0.1) is 12.6 Å². The minimum atomic E-state index is -1.28. The summed E-state index contributed by atoms with van der Waals surface area (Å²) in [6.07, 6.45) is 3.41. The van der Waals surface area contributed by atoms with Gasteiger partial charge < -0.3 is 20.3 Å². The molecular weight excluding hydrogens is 389 g/mol. The predicted molar refractivity (Wildman–Crippen MR) is 110 cm³/mol. The van der Waals surface area contributed by atoms with Crippen molar-refractivity contribution in [2.75, 3.05) is 26.0 Å². The van der Waals surface area contributed by atoms with Gasteiger partial charge in [-0.25, -0.2) is 0 Å². The van der Waals surface area contributed by atoms with E-state index >= 15 is 0 Å². The third kappa shape index (κ3) is 5.94. The number of nitrogens with zero attached hydrogens (tertiary/aromatic N) is 1. The first-order valence-electron chi connectivity index (χ1n) is 8.73. The van der Waals surface area contributed by atoms with Gasteiger partial charge in [-0.15, -0.1) is 13.2 Å². The monoisotopic (exact) mass is 417 g/mol. The normalized spacial score (nSPS) is 25.7. The Morgan fingerprint density at radius 3 is 2.70 bits per heavy atom. The summed E-state index contributed by atoms with van der Waals surface area (Å²) in [4.78, 5) is 25.7. The van der Waals surface area contributed by atoms with Gasteiger partial charge in [0.15, 0.2) is 11.0 Å². The van der Waals surface area contributed by atoms with Crippen LogP contribution in [0.25, 0.3) is 0 Å². The van der Waals surface area contributed by atoms with Crippen LogP contribution in [0.2, 0.25) is 0 Å². The van der Waals surface area contributed by atoms with Crippen molar-refractivity contribution in [3.05, 3.63) is 26.9 Å². The molecule has 27 heavy (non-hydrogen) atoms. The Hall–Kier alpha value is -1.09. The highest BCUT2D eigenvalue weighted by Crippen LogP contribution is 2.39. The molecule has 0 amide bonds. The third-order valence-electron chi connectivity index (χ3n) is 4.36. The lowest BCUT2D eigenvalue weighted by Gasteiger charge is -2.20. The van der Waals surface area contributed by atoms with E-state index in [0.29, 0.717) is 12.0 Å². The summed E-state index contributed by atoms with van der Waals surface area (Å²) < 4.78 is 7.41. The molecule has 0 radical (unpaired) electrons. The second-order valence-electron chi connectivity index (χ2n) is 7.62. The molecule has 1 aliphatic rings. The summed E-state index contributed by atoms with van der Waals surface area (Å²) >= 11 is 5.20. The molecule has 8 nitrogen and oxygen atoms in total. The van der Waals surface area contributed by atoms with Gasteiger partial charge in [-0.2, -0.15) is 0 Å². The number of hydrogen-bond acceptors (Lipinski definition) is 7. The third-order valence-corrected chi connectivity index (χ3v) is 6.14. The zero-order valence-corrected chi connectivity index (χ0v) is 17.6. The highest BCUT2D eigenvalue weighted by atomic mass is 32.1. The average Bonchev–Trinajstić information content (AvgIpc) is 2.82. The molecule has 0 saturated carbocycles. The standard InChI is InChI=1S/C17H28N3O5PS/c1-10(21)7-18-8-11-9-20(17(27)19-15(11)24)16-14(23)13(22)12(25-16)5-6-26(2,3)4/h9,12-14,16,18,22-23H,2,5-8H2,1,3-4H3,(H,19,24,27)/t12?,13-,14-,16-/m1/s1. The van der Waals surface area contributed by atoms with E-state index in [-0.39, 0.29) is 29.2 Å². The Labute approximate surface area is 163 Å². The first-order chi connectivity index (χ1) is 12.5. The number of aliphatic hydroxyl groups is 2. The molecule has 0 bridgehead atoms. The second kappa shape index (κ2) is 8.94. The molecule has 1 aliphatic heterocycles. The minimum absolute atomic E-state index is 0.0455. The molecule has 1 fully saturated rings. The van der Waals surface area contributed by atoms with Crippen molar-refractivity contribution in [2.24, 2.45) is 0 Å². The molecule has 4 atom stereocenters. The Bertz CT molecular complexity index is 846. The molecular formula is C17H28N3O5PS. The average molecular weight is 417 g/mol. The lowest BCUT2D eigenvalue weighted by Crippen LogP contribution is -2.33. The molecule has 0 aliphatic carbocycles. The van der Waals surface area contributed by atoms with Crippen molar-refractivity contribution >= 4 is 31.2 Å². The van der Waals surface area contributed by atoms with Crippen molar-refractivity contribution in [2.45, 2.75) is 44.4 Å². The summed E-state index contributed by atoms with van der Waals surface area (Å²) in [5, 5.41) is 23.7. The van der Waals surface area contributed by atoms with E-state index in [9.17, 15) is 19.8 Å². The predicted octanol–water partition coefficient (Wildman–Crippen LogP) is 0.303. The number of aliphatic hydroxyl groups excluding tert-OH is 2. The molecule has 2 heterocycles. The van der Waals surface area contributed by atoms with Gasteiger partial charge in [0.25, 0.3) is 5.56 Å². The van der Waals surface area contributed by atoms with Crippen LogP contribution in [0.4, 0.5) is 0 Å². The van der Waals surface area contributed by atoms with Crippen LogP contribution in [-0.2, 0) is 16.1 Å². The molecule has 2 rings (SSSR count). The van der Waals surface area contributed by atoms with E-state index in [1.54, 1.807) is 0 Å². The van der Waals surface area contributed by atoms with E-state index in [4.69, 9.17) is 17.0 Å². The smallest absolute Gasteiger partial charge is 0.256 e. The molecule has 152 valence electrons. The number of carbonyl (C=O) groups excluding carboxylic acids is 1. The van der Waals surface area contributed by atoms with Gasteiger partial charge in [0.2, 0.25) is 0 Å². The van der Waals surface area contributed by atoms with Crippen molar-refractivity contribution in [3.63, 3.8) is 0 Å². The Morgan fingerprint density at radius 1 is 1.44 bits per heavy atom. The van der Waals surface area contributed by atoms with Crippen LogP contribution >= 0.6 is 19.1 Å². The lowest BCUT2D eigenvalue weighted by molar-refractivity contribution is -0.116. The SMILES string of the molecule is C=P(C)(C)CCC1O[C@@H](n2cc(CNCC(C)=O)c(=O)[nH]c2=S)[C@H](O)[C@@H]1O. The van der Waals surface area contributed by atoms with E-state index in [1.807, 2.05) is 0 Å². The maximum Gasteiger partial charge on any atom is 0.256 e. The summed E-state index contributed by atoms with van der Waals surface area (Å²) in [7, 11) is 0.